The number of amides is 2. The van der Waals surface area contributed by atoms with Gasteiger partial charge in [-0.15, -0.1) is 0 Å². The van der Waals surface area contributed by atoms with Crippen molar-refractivity contribution in [3.63, 3.8) is 0 Å². The van der Waals surface area contributed by atoms with Gasteiger partial charge in [0.25, 0.3) is 11.8 Å². The summed E-state index contributed by atoms with van der Waals surface area (Å²) in [5.74, 6) is -0.339. The van der Waals surface area contributed by atoms with E-state index in [-0.39, 0.29) is 17.9 Å². The Labute approximate surface area is 152 Å². The molecule has 2 N–H and O–H groups in total. The van der Waals surface area contributed by atoms with E-state index in [2.05, 4.69) is 10.6 Å². The summed E-state index contributed by atoms with van der Waals surface area (Å²) in [5.41, 5.74) is 2.11. The molecule has 0 spiro atoms. The minimum atomic E-state index is -0.323. The van der Waals surface area contributed by atoms with Crippen LogP contribution in [0.2, 0.25) is 0 Å². The predicted octanol–water partition coefficient (Wildman–Crippen LogP) is 3.59. The smallest absolute Gasteiger partial charge is 0.251 e. The van der Waals surface area contributed by atoms with Crippen LogP contribution in [-0.4, -0.2) is 18.4 Å². The lowest BCUT2D eigenvalue weighted by Gasteiger charge is -2.20. The number of hydrogen-bond acceptors (Lipinski definition) is 2. The van der Waals surface area contributed by atoms with Gasteiger partial charge >= 0.3 is 0 Å². The largest absolute Gasteiger partial charge is 0.350 e. The van der Waals surface area contributed by atoms with Crippen molar-refractivity contribution in [2.24, 2.45) is 0 Å². The number of hydrogen-bond donors (Lipinski definition) is 2. The third-order valence-electron chi connectivity index (χ3n) is 4.05. The van der Waals surface area contributed by atoms with E-state index in [0.29, 0.717) is 17.7 Å². The number of carbonyl (C=O) groups excluding carboxylic acids is 2. The van der Waals surface area contributed by atoms with Crippen molar-refractivity contribution >= 4 is 11.8 Å². The zero-order valence-electron chi connectivity index (χ0n) is 14.3. The van der Waals surface area contributed by atoms with Crippen molar-refractivity contribution in [2.45, 2.75) is 6.04 Å². The second-order valence-corrected chi connectivity index (χ2v) is 5.88. The van der Waals surface area contributed by atoms with Crippen LogP contribution in [0.4, 0.5) is 0 Å². The Bertz CT molecular complexity index is 849. The third kappa shape index (κ3) is 4.57. The third-order valence-corrected chi connectivity index (χ3v) is 4.05. The van der Waals surface area contributed by atoms with Crippen LogP contribution in [-0.2, 0) is 0 Å². The molecule has 0 aliphatic carbocycles. The highest BCUT2D eigenvalue weighted by atomic mass is 16.2. The molecule has 0 aliphatic heterocycles. The fourth-order valence-corrected chi connectivity index (χ4v) is 2.66. The van der Waals surface area contributed by atoms with E-state index >= 15 is 0 Å². The molecule has 0 fully saturated rings. The van der Waals surface area contributed by atoms with E-state index in [9.17, 15) is 9.59 Å². The van der Waals surface area contributed by atoms with Gasteiger partial charge in [-0.1, -0.05) is 66.7 Å². The minimum Gasteiger partial charge on any atom is -0.350 e. The molecule has 3 rings (SSSR count). The lowest BCUT2D eigenvalue weighted by atomic mass is 10.1. The molecule has 0 saturated heterocycles. The Morgan fingerprint density at radius 2 is 1.12 bits per heavy atom. The molecule has 0 bridgehead atoms. The predicted molar refractivity (Wildman–Crippen MR) is 102 cm³/mol. The maximum Gasteiger partial charge on any atom is 0.251 e. The van der Waals surface area contributed by atoms with Crippen LogP contribution in [0.1, 0.15) is 32.3 Å². The van der Waals surface area contributed by atoms with Crippen LogP contribution in [0.15, 0.2) is 91.0 Å². The van der Waals surface area contributed by atoms with Crippen LogP contribution >= 0.6 is 0 Å². The van der Waals surface area contributed by atoms with E-state index < -0.39 is 0 Å². The second kappa shape index (κ2) is 8.62. The molecule has 2 amide bonds. The van der Waals surface area contributed by atoms with Crippen molar-refractivity contribution in [3.8, 4) is 0 Å². The first-order valence-electron chi connectivity index (χ1n) is 8.48. The second-order valence-electron chi connectivity index (χ2n) is 5.88. The number of nitrogens with one attached hydrogen (secondary N) is 2. The first-order valence-corrected chi connectivity index (χ1v) is 8.48. The zero-order valence-corrected chi connectivity index (χ0v) is 14.3. The van der Waals surface area contributed by atoms with Crippen molar-refractivity contribution in [1.29, 1.82) is 0 Å². The fraction of sp³-hybridized carbons (Fsp3) is 0.0909. The average molecular weight is 344 g/mol. The first kappa shape index (κ1) is 17.4. The van der Waals surface area contributed by atoms with Crippen LogP contribution < -0.4 is 10.6 Å². The summed E-state index contributed by atoms with van der Waals surface area (Å²) in [5, 5.41) is 5.90. The van der Waals surface area contributed by atoms with Gasteiger partial charge in [0, 0.05) is 17.7 Å². The molecule has 3 aromatic carbocycles. The van der Waals surface area contributed by atoms with Gasteiger partial charge in [0.15, 0.2) is 0 Å². The molecule has 130 valence electrons. The van der Waals surface area contributed by atoms with Gasteiger partial charge < -0.3 is 10.6 Å². The highest BCUT2D eigenvalue weighted by molar-refractivity contribution is 5.95. The Hall–Kier alpha value is -3.40. The molecule has 0 aromatic heterocycles. The lowest BCUT2D eigenvalue weighted by molar-refractivity contribution is 0.0908. The van der Waals surface area contributed by atoms with Crippen LogP contribution in [0.5, 0.6) is 0 Å². The molecular formula is C22H20N2O2. The summed E-state index contributed by atoms with van der Waals surface area (Å²) >= 11 is 0. The summed E-state index contributed by atoms with van der Waals surface area (Å²) in [6.07, 6.45) is 0. The minimum absolute atomic E-state index is 0.166. The Balaban J connectivity index is 1.72. The number of rotatable bonds is 6. The first-order chi connectivity index (χ1) is 12.7. The quantitative estimate of drug-likeness (QED) is 0.718. The number of benzene rings is 3. The van der Waals surface area contributed by atoms with Crippen molar-refractivity contribution in [3.05, 3.63) is 108 Å². The highest BCUT2D eigenvalue weighted by Crippen LogP contribution is 2.13. The summed E-state index contributed by atoms with van der Waals surface area (Å²) in [6, 6.07) is 27.4. The molecule has 26 heavy (non-hydrogen) atoms. The van der Waals surface area contributed by atoms with E-state index in [1.807, 2.05) is 66.7 Å². The van der Waals surface area contributed by atoms with Crippen molar-refractivity contribution in [2.75, 3.05) is 6.54 Å². The van der Waals surface area contributed by atoms with Crippen LogP contribution in [0.3, 0.4) is 0 Å². The molecule has 4 nitrogen and oxygen atoms in total. The molecule has 0 radical (unpaired) electrons. The molecule has 3 aromatic rings. The van der Waals surface area contributed by atoms with Crippen LogP contribution in [0.25, 0.3) is 0 Å². The van der Waals surface area contributed by atoms with Gasteiger partial charge in [-0.25, -0.2) is 0 Å². The van der Waals surface area contributed by atoms with E-state index in [0.717, 1.165) is 5.56 Å². The molecule has 0 heterocycles. The molecule has 0 aliphatic rings. The number of carbonyl (C=O) groups is 2. The summed E-state index contributed by atoms with van der Waals surface area (Å²) < 4.78 is 0. The van der Waals surface area contributed by atoms with Crippen LogP contribution in [0, 0.1) is 0 Å². The SMILES string of the molecule is O=C(NCC(NC(=O)c1ccccc1)c1ccccc1)c1ccccc1. The maximum absolute atomic E-state index is 12.5. The Morgan fingerprint density at radius 3 is 1.65 bits per heavy atom. The fourth-order valence-electron chi connectivity index (χ4n) is 2.66. The van der Waals surface area contributed by atoms with Gasteiger partial charge in [-0.2, -0.15) is 0 Å². The lowest BCUT2D eigenvalue weighted by Crippen LogP contribution is -2.37. The molecule has 4 heteroatoms. The standard InChI is InChI=1S/C22H20N2O2/c25-21(18-12-6-2-7-13-18)23-16-20(17-10-4-1-5-11-17)24-22(26)19-14-8-3-9-15-19/h1-15,20H,16H2,(H,23,25)(H,24,26). The molecule has 0 saturated carbocycles. The highest BCUT2D eigenvalue weighted by Gasteiger charge is 2.17. The van der Waals surface area contributed by atoms with Gasteiger partial charge in [-0.3, -0.25) is 9.59 Å². The van der Waals surface area contributed by atoms with E-state index in [1.165, 1.54) is 0 Å². The van der Waals surface area contributed by atoms with Crippen molar-refractivity contribution < 1.29 is 9.59 Å². The van der Waals surface area contributed by atoms with Gasteiger partial charge in [-0.05, 0) is 29.8 Å². The average Bonchev–Trinajstić information content (AvgIpc) is 2.72. The molecule has 1 atom stereocenters. The molecule has 1 unspecified atom stereocenters. The van der Waals surface area contributed by atoms with E-state index in [4.69, 9.17) is 0 Å². The van der Waals surface area contributed by atoms with E-state index in [1.54, 1.807) is 24.3 Å². The summed E-state index contributed by atoms with van der Waals surface area (Å²) in [7, 11) is 0. The summed E-state index contributed by atoms with van der Waals surface area (Å²) in [4.78, 5) is 24.8. The van der Waals surface area contributed by atoms with Crippen molar-refractivity contribution in [1.82, 2.24) is 10.6 Å². The molecular weight excluding hydrogens is 324 g/mol. The summed E-state index contributed by atoms with van der Waals surface area (Å²) in [6.45, 7) is 0.302. The Kier molecular flexibility index (Phi) is 5.78. The zero-order chi connectivity index (χ0) is 18.2. The normalized spacial score (nSPS) is 11.4. The van der Waals surface area contributed by atoms with Gasteiger partial charge in [0.1, 0.15) is 0 Å². The Morgan fingerprint density at radius 1 is 0.654 bits per heavy atom. The van der Waals surface area contributed by atoms with Gasteiger partial charge in [0.05, 0.1) is 6.04 Å². The topological polar surface area (TPSA) is 58.2 Å². The monoisotopic (exact) mass is 344 g/mol. The maximum atomic E-state index is 12.5. The van der Waals surface area contributed by atoms with Gasteiger partial charge in [0.2, 0.25) is 0 Å².